The number of hydrogen-bond donors (Lipinski definition) is 2. The number of carbonyl (C=O) groups is 2. The Kier molecular flexibility index (Phi) is 13.6. The molecule has 0 saturated carbocycles. The molecule has 0 saturated heterocycles. The predicted molar refractivity (Wildman–Crippen MR) is 154 cm³/mol. The molecule has 0 aliphatic rings. The minimum Gasteiger partial charge on any atom is -0.493 e. The van der Waals surface area contributed by atoms with E-state index < -0.39 is 5.97 Å². The molecule has 0 radical (unpaired) electrons. The van der Waals surface area contributed by atoms with Crippen LogP contribution in [0.3, 0.4) is 0 Å². The molecule has 0 spiro atoms. The van der Waals surface area contributed by atoms with Crippen molar-refractivity contribution in [2.24, 2.45) is 0 Å². The summed E-state index contributed by atoms with van der Waals surface area (Å²) in [5.41, 5.74) is 5.04. The zero-order valence-corrected chi connectivity index (χ0v) is 23.1. The quantitative estimate of drug-likeness (QED) is 0.213. The number of carboxylic acids is 1. The average molecular weight is 531 g/mol. The van der Waals surface area contributed by atoms with Crippen LogP contribution in [-0.2, 0) is 29.0 Å². The maximum absolute atomic E-state index is 10.7. The van der Waals surface area contributed by atoms with Crippen molar-refractivity contribution in [1.82, 2.24) is 10.3 Å². The lowest BCUT2D eigenvalue weighted by Crippen LogP contribution is -2.09. The van der Waals surface area contributed by atoms with Crippen LogP contribution in [0, 0.1) is 13.8 Å². The lowest BCUT2D eigenvalue weighted by Gasteiger charge is -2.09. The van der Waals surface area contributed by atoms with Gasteiger partial charge in [-0.15, -0.1) is 0 Å². The van der Waals surface area contributed by atoms with E-state index in [4.69, 9.17) is 14.3 Å². The summed E-state index contributed by atoms with van der Waals surface area (Å²) in [6.07, 6.45) is 2.02. The number of aromatic nitrogens is 1. The largest absolute Gasteiger partial charge is 0.493 e. The van der Waals surface area contributed by atoms with Crippen molar-refractivity contribution in [3.05, 3.63) is 107 Å². The van der Waals surface area contributed by atoms with Crippen LogP contribution < -0.4 is 10.1 Å². The lowest BCUT2D eigenvalue weighted by atomic mass is 10.0. The van der Waals surface area contributed by atoms with Crippen LogP contribution in [0.1, 0.15) is 48.4 Å². The van der Waals surface area contributed by atoms with Crippen LogP contribution >= 0.6 is 0 Å². The molecule has 206 valence electrons. The van der Waals surface area contributed by atoms with Gasteiger partial charge in [-0.25, -0.2) is 4.98 Å². The molecular weight excluding hydrogens is 492 g/mol. The van der Waals surface area contributed by atoms with Gasteiger partial charge in [-0.05, 0) is 61.2 Å². The van der Waals surface area contributed by atoms with E-state index in [9.17, 15) is 9.59 Å². The number of nitrogens with zero attached hydrogens (tertiary/aromatic N) is 1. The van der Waals surface area contributed by atoms with Gasteiger partial charge in [0, 0.05) is 24.9 Å². The van der Waals surface area contributed by atoms with E-state index in [1.165, 1.54) is 0 Å². The second-order valence-electron chi connectivity index (χ2n) is 8.45. The van der Waals surface area contributed by atoms with Crippen LogP contribution in [0.5, 0.6) is 5.75 Å². The van der Waals surface area contributed by atoms with Crippen molar-refractivity contribution in [3.63, 3.8) is 0 Å². The van der Waals surface area contributed by atoms with Crippen LogP contribution in [-0.4, -0.2) is 29.1 Å². The van der Waals surface area contributed by atoms with Crippen LogP contribution in [0.4, 0.5) is 0 Å². The Hall–Kier alpha value is -4.39. The van der Waals surface area contributed by atoms with Crippen molar-refractivity contribution in [1.29, 1.82) is 0 Å². The molecule has 0 aliphatic heterocycles. The molecule has 0 unspecified atom stereocenters. The highest BCUT2D eigenvalue weighted by Gasteiger charge is 2.11. The van der Waals surface area contributed by atoms with Gasteiger partial charge in [-0.3, -0.25) is 9.59 Å². The second kappa shape index (κ2) is 17.2. The van der Waals surface area contributed by atoms with Crippen molar-refractivity contribution >= 4 is 12.4 Å². The third-order valence-corrected chi connectivity index (χ3v) is 5.68. The fourth-order valence-corrected chi connectivity index (χ4v) is 3.67. The molecule has 0 fully saturated rings. The SMILES string of the molecule is CC.Cc1cc(OCCc2nc(-c3ccccc3)oc2C)ccc1CCC(=O)O.O=CNCc1ccccc1. The maximum atomic E-state index is 10.7. The number of ether oxygens (including phenoxy) is 1. The van der Waals surface area contributed by atoms with Crippen LogP contribution in [0.2, 0.25) is 0 Å². The number of amides is 1. The van der Waals surface area contributed by atoms with Crippen molar-refractivity contribution < 1.29 is 23.8 Å². The van der Waals surface area contributed by atoms with E-state index in [0.717, 1.165) is 39.5 Å². The molecular formula is C32H38N2O5. The first-order valence-corrected chi connectivity index (χ1v) is 13.1. The minimum atomic E-state index is -0.785. The summed E-state index contributed by atoms with van der Waals surface area (Å²) in [5, 5.41) is 11.4. The Bertz CT molecular complexity index is 1270. The van der Waals surface area contributed by atoms with Gasteiger partial charge in [0.2, 0.25) is 12.3 Å². The highest BCUT2D eigenvalue weighted by Crippen LogP contribution is 2.22. The molecule has 0 aliphatic carbocycles. The fourth-order valence-electron chi connectivity index (χ4n) is 3.67. The first-order valence-electron chi connectivity index (χ1n) is 13.1. The summed E-state index contributed by atoms with van der Waals surface area (Å²) < 4.78 is 11.6. The number of carboxylic acid groups (broad SMARTS) is 1. The number of rotatable bonds is 11. The highest BCUT2D eigenvalue weighted by molar-refractivity contribution is 5.67. The molecule has 3 aromatic carbocycles. The zero-order chi connectivity index (χ0) is 28.5. The molecule has 0 bridgehead atoms. The summed E-state index contributed by atoms with van der Waals surface area (Å²) in [4.78, 5) is 25.2. The number of nitrogens with one attached hydrogen (secondary N) is 1. The number of hydrogen-bond acceptors (Lipinski definition) is 5. The zero-order valence-electron chi connectivity index (χ0n) is 23.1. The van der Waals surface area contributed by atoms with Gasteiger partial charge in [0.15, 0.2) is 0 Å². The van der Waals surface area contributed by atoms with E-state index >= 15 is 0 Å². The van der Waals surface area contributed by atoms with Crippen LogP contribution in [0.15, 0.2) is 83.3 Å². The van der Waals surface area contributed by atoms with Gasteiger partial charge in [0.05, 0.1) is 12.3 Å². The third-order valence-electron chi connectivity index (χ3n) is 5.68. The van der Waals surface area contributed by atoms with Crippen molar-refractivity contribution in [3.8, 4) is 17.2 Å². The van der Waals surface area contributed by atoms with Crippen molar-refractivity contribution in [2.45, 2.75) is 53.5 Å². The second-order valence-corrected chi connectivity index (χ2v) is 8.45. The molecule has 1 heterocycles. The topological polar surface area (TPSA) is 102 Å². The van der Waals surface area contributed by atoms with Crippen molar-refractivity contribution in [2.75, 3.05) is 6.61 Å². The van der Waals surface area contributed by atoms with Gasteiger partial charge >= 0.3 is 5.97 Å². The van der Waals surface area contributed by atoms with Gasteiger partial charge in [-0.2, -0.15) is 0 Å². The number of aliphatic carboxylic acids is 1. The molecule has 2 N–H and O–H groups in total. The Morgan fingerprint density at radius 3 is 2.26 bits per heavy atom. The summed E-state index contributed by atoms with van der Waals surface area (Å²) in [7, 11) is 0. The molecule has 7 nitrogen and oxygen atoms in total. The average Bonchev–Trinajstić information content (AvgIpc) is 3.34. The molecule has 4 rings (SSSR count). The molecule has 7 heteroatoms. The summed E-state index contributed by atoms with van der Waals surface area (Å²) >= 11 is 0. The number of oxazole rings is 1. The molecule has 1 aromatic heterocycles. The van der Waals surface area contributed by atoms with E-state index in [1.807, 2.05) is 107 Å². The number of benzene rings is 3. The van der Waals surface area contributed by atoms with Gasteiger partial charge in [0.25, 0.3) is 0 Å². The molecule has 0 atom stereocenters. The summed E-state index contributed by atoms with van der Waals surface area (Å²) in [6.45, 7) is 8.99. The smallest absolute Gasteiger partial charge is 0.303 e. The monoisotopic (exact) mass is 530 g/mol. The summed E-state index contributed by atoms with van der Waals surface area (Å²) in [6, 6.07) is 25.4. The highest BCUT2D eigenvalue weighted by atomic mass is 16.5. The number of carbonyl (C=O) groups excluding carboxylic acids is 1. The van der Waals surface area contributed by atoms with Gasteiger partial charge in [0.1, 0.15) is 11.5 Å². The normalized spacial score (nSPS) is 9.85. The first-order chi connectivity index (χ1) is 19.0. The maximum Gasteiger partial charge on any atom is 0.303 e. The Morgan fingerprint density at radius 2 is 1.64 bits per heavy atom. The number of aryl methyl sites for hydroxylation is 3. The van der Waals surface area contributed by atoms with Gasteiger partial charge < -0.3 is 19.6 Å². The predicted octanol–water partition coefficient (Wildman–Crippen LogP) is 6.56. The Morgan fingerprint density at radius 1 is 0.974 bits per heavy atom. The lowest BCUT2D eigenvalue weighted by molar-refractivity contribution is -0.137. The molecule has 4 aromatic rings. The molecule has 1 amide bonds. The molecule has 39 heavy (non-hydrogen) atoms. The first kappa shape index (κ1) is 30.8. The van der Waals surface area contributed by atoms with E-state index in [1.54, 1.807) is 0 Å². The Balaban J connectivity index is 0.000000372. The summed E-state index contributed by atoms with van der Waals surface area (Å²) in [5.74, 6) is 1.42. The van der Waals surface area contributed by atoms with Gasteiger partial charge in [-0.1, -0.05) is 68.4 Å². The van der Waals surface area contributed by atoms with Crippen LogP contribution in [0.25, 0.3) is 11.5 Å². The standard InChI is InChI=1S/C22H23NO4.C8H9NO.C2H6/c1-15-14-19(10-8-17(15)9-11-21(24)25)26-13-12-20-16(2)27-22(23-20)18-6-4-3-5-7-18;10-7-9-6-8-4-2-1-3-5-8;1-2/h3-8,10,14H,9,11-13H2,1-2H3,(H,24,25);1-5,7H,6H2,(H,9,10);1-2H3. The Labute approximate surface area is 230 Å². The minimum absolute atomic E-state index is 0.135. The van der Waals surface area contributed by atoms with E-state index in [-0.39, 0.29) is 6.42 Å². The van der Waals surface area contributed by atoms with E-state index in [2.05, 4.69) is 10.3 Å². The van der Waals surface area contributed by atoms with E-state index in [0.29, 0.717) is 38.3 Å². The fraction of sp³-hybridized carbons (Fsp3) is 0.281. The third kappa shape index (κ3) is 10.9.